The number of nitrogens with zero attached hydrogens (tertiary/aromatic N) is 2. The molecule has 0 saturated heterocycles. The van der Waals surface area contributed by atoms with E-state index in [-0.39, 0.29) is 5.91 Å². The van der Waals surface area contributed by atoms with Crippen LogP contribution in [0, 0.1) is 0 Å². The number of carbonyl (C=O) groups excluding carboxylic acids is 1. The molecule has 1 aromatic carbocycles. The van der Waals surface area contributed by atoms with Gasteiger partial charge in [0.05, 0.1) is 11.9 Å². The maximum Gasteiger partial charge on any atom is 0.251 e. The summed E-state index contributed by atoms with van der Waals surface area (Å²) in [4.78, 5) is 16.3. The van der Waals surface area contributed by atoms with Crippen LogP contribution in [-0.2, 0) is 22.9 Å². The standard InChI is InChI=1S/C17H19N3O3S/c1-24(22,23)20-10-7-14-4-5-15(11-16(14)20)17(21)19-9-6-13-3-2-8-18-12-13/h2-5,8,11-12H,6-7,9-10H2,1H3,(H,19,21). The van der Waals surface area contributed by atoms with Crippen LogP contribution in [-0.4, -0.2) is 38.7 Å². The number of aromatic nitrogens is 1. The van der Waals surface area contributed by atoms with Crippen molar-refractivity contribution in [2.45, 2.75) is 12.8 Å². The second-order valence-electron chi connectivity index (χ2n) is 5.80. The molecular formula is C17H19N3O3S. The first-order valence-corrected chi connectivity index (χ1v) is 9.58. The molecule has 6 nitrogen and oxygen atoms in total. The third-order valence-electron chi connectivity index (χ3n) is 4.02. The Morgan fingerprint density at radius 3 is 2.88 bits per heavy atom. The second kappa shape index (κ2) is 6.60. The third-order valence-corrected chi connectivity index (χ3v) is 5.20. The fraction of sp³-hybridized carbons (Fsp3) is 0.294. The number of hydrogen-bond donors (Lipinski definition) is 1. The van der Waals surface area contributed by atoms with Gasteiger partial charge in [0.1, 0.15) is 0 Å². The summed E-state index contributed by atoms with van der Waals surface area (Å²) in [5, 5.41) is 2.86. The minimum absolute atomic E-state index is 0.206. The zero-order chi connectivity index (χ0) is 17.2. The monoisotopic (exact) mass is 345 g/mol. The van der Waals surface area contributed by atoms with Gasteiger partial charge in [-0.2, -0.15) is 0 Å². The number of hydrogen-bond acceptors (Lipinski definition) is 4. The van der Waals surface area contributed by atoms with Crippen molar-refractivity contribution in [1.82, 2.24) is 10.3 Å². The summed E-state index contributed by atoms with van der Waals surface area (Å²) >= 11 is 0. The van der Waals surface area contributed by atoms with Gasteiger partial charge in [-0.25, -0.2) is 8.42 Å². The summed E-state index contributed by atoms with van der Waals surface area (Å²) in [5.74, 6) is -0.206. The highest BCUT2D eigenvalue weighted by atomic mass is 32.2. The molecule has 1 N–H and O–H groups in total. The number of sulfonamides is 1. The highest BCUT2D eigenvalue weighted by Crippen LogP contribution is 2.30. The fourth-order valence-electron chi connectivity index (χ4n) is 2.80. The number of fused-ring (bicyclic) bond motifs is 1. The molecule has 7 heteroatoms. The van der Waals surface area contributed by atoms with Crippen LogP contribution in [0.3, 0.4) is 0 Å². The summed E-state index contributed by atoms with van der Waals surface area (Å²) < 4.78 is 25.0. The number of pyridine rings is 1. The normalized spacial score (nSPS) is 13.6. The highest BCUT2D eigenvalue weighted by Gasteiger charge is 2.26. The first-order valence-electron chi connectivity index (χ1n) is 7.73. The summed E-state index contributed by atoms with van der Waals surface area (Å²) in [6, 6.07) is 9.04. The van der Waals surface area contributed by atoms with Crippen LogP contribution in [0.25, 0.3) is 0 Å². The molecule has 3 rings (SSSR count). The van der Waals surface area contributed by atoms with Crippen LogP contribution in [0.1, 0.15) is 21.5 Å². The van der Waals surface area contributed by atoms with Crippen molar-refractivity contribution in [3.8, 4) is 0 Å². The fourth-order valence-corrected chi connectivity index (χ4v) is 3.75. The maximum absolute atomic E-state index is 12.3. The van der Waals surface area contributed by atoms with E-state index in [2.05, 4.69) is 10.3 Å². The van der Waals surface area contributed by atoms with Crippen molar-refractivity contribution < 1.29 is 13.2 Å². The van der Waals surface area contributed by atoms with Crippen molar-refractivity contribution >= 4 is 21.6 Å². The van der Waals surface area contributed by atoms with Gasteiger partial charge in [0.2, 0.25) is 10.0 Å². The molecule has 1 aliphatic heterocycles. The molecule has 0 aliphatic carbocycles. The largest absolute Gasteiger partial charge is 0.352 e. The molecule has 0 saturated carbocycles. The Hall–Kier alpha value is -2.41. The Labute approximate surface area is 141 Å². The van der Waals surface area contributed by atoms with Crippen LogP contribution >= 0.6 is 0 Å². The van der Waals surface area contributed by atoms with Gasteiger partial charge in [0.15, 0.2) is 0 Å². The predicted molar refractivity (Wildman–Crippen MR) is 92.6 cm³/mol. The molecule has 1 aromatic heterocycles. The van der Waals surface area contributed by atoms with E-state index in [1.54, 1.807) is 24.5 Å². The summed E-state index contributed by atoms with van der Waals surface area (Å²) in [5.41, 5.74) is 3.08. The molecule has 1 amide bonds. The quantitative estimate of drug-likeness (QED) is 0.888. The van der Waals surface area contributed by atoms with E-state index < -0.39 is 10.0 Å². The van der Waals surface area contributed by atoms with E-state index in [4.69, 9.17) is 0 Å². The SMILES string of the molecule is CS(=O)(=O)N1CCc2ccc(C(=O)NCCc3cccnc3)cc21. The first-order chi connectivity index (χ1) is 11.4. The number of rotatable bonds is 5. The molecule has 1 aliphatic rings. The topological polar surface area (TPSA) is 79.4 Å². The molecule has 2 aromatic rings. The zero-order valence-corrected chi connectivity index (χ0v) is 14.2. The van der Waals surface area contributed by atoms with Crippen molar-refractivity contribution in [2.75, 3.05) is 23.7 Å². The molecule has 24 heavy (non-hydrogen) atoms. The maximum atomic E-state index is 12.3. The lowest BCUT2D eigenvalue weighted by Gasteiger charge is -2.17. The van der Waals surface area contributed by atoms with Crippen molar-refractivity contribution in [2.24, 2.45) is 0 Å². The van der Waals surface area contributed by atoms with Crippen LogP contribution in [0.4, 0.5) is 5.69 Å². The molecule has 0 fully saturated rings. The van der Waals surface area contributed by atoms with Gasteiger partial charge >= 0.3 is 0 Å². The van der Waals surface area contributed by atoms with Crippen LogP contribution < -0.4 is 9.62 Å². The van der Waals surface area contributed by atoms with Crippen LogP contribution in [0.15, 0.2) is 42.7 Å². The lowest BCUT2D eigenvalue weighted by atomic mass is 10.1. The number of nitrogens with one attached hydrogen (secondary N) is 1. The van der Waals surface area contributed by atoms with Gasteiger partial charge in [0, 0.05) is 31.0 Å². The molecular weight excluding hydrogens is 326 g/mol. The lowest BCUT2D eigenvalue weighted by molar-refractivity contribution is 0.0954. The van der Waals surface area contributed by atoms with Gasteiger partial charge in [0.25, 0.3) is 5.91 Å². The van der Waals surface area contributed by atoms with Crippen molar-refractivity contribution in [3.05, 3.63) is 59.4 Å². The molecule has 0 spiro atoms. The minimum atomic E-state index is -3.32. The van der Waals surface area contributed by atoms with E-state index in [9.17, 15) is 13.2 Å². The number of carbonyl (C=O) groups is 1. The molecule has 2 heterocycles. The number of amides is 1. The average Bonchev–Trinajstić information content (AvgIpc) is 2.99. The van der Waals surface area contributed by atoms with Crippen molar-refractivity contribution in [1.29, 1.82) is 0 Å². The molecule has 126 valence electrons. The van der Waals surface area contributed by atoms with Crippen molar-refractivity contribution in [3.63, 3.8) is 0 Å². The summed E-state index contributed by atoms with van der Waals surface area (Å²) in [7, 11) is -3.32. The summed E-state index contributed by atoms with van der Waals surface area (Å²) in [6.45, 7) is 0.928. The second-order valence-corrected chi connectivity index (χ2v) is 7.70. The Morgan fingerprint density at radius 2 is 2.17 bits per heavy atom. The van der Waals surface area contributed by atoms with E-state index in [1.165, 1.54) is 10.6 Å². The Balaban J connectivity index is 1.68. The highest BCUT2D eigenvalue weighted by molar-refractivity contribution is 7.92. The Kier molecular flexibility index (Phi) is 4.53. The predicted octanol–water partition coefficient (Wildman–Crippen LogP) is 1.38. The Morgan fingerprint density at radius 1 is 1.33 bits per heavy atom. The van der Waals surface area contributed by atoms with E-state index >= 15 is 0 Å². The van der Waals surface area contributed by atoms with Gasteiger partial charge in [-0.15, -0.1) is 0 Å². The average molecular weight is 345 g/mol. The van der Waals surface area contributed by atoms with Gasteiger partial charge in [-0.1, -0.05) is 12.1 Å². The first kappa shape index (κ1) is 16.4. The molecule has 0 bridgehead atoms. The zero-order valence-electron chi connectivity index (χ0n) is 13.4. The molecule has 0 atom stereocenters. The van der Waals surface area contributed by atoms with Crippen LogP contribution in [0.2, 0.25) is 0 Å². The smallest absolute Gasteiger partial charge is 0.251 e. The third kappa shape index (κ3) is 3.56. The molecule has 0 unspecified atom stereocenters. The lowest BCUT2D eigenvalue weighted by Crippen LogP contribution is -2.28. The number of benzene rings is 1. The minimum Gasteiger partial charge on any atom is -0.352 e. The van der Waals surface area contributed by atoms with Gasteiger partial charge < -0.3 is 5.32 Å². The summed E-state index contributed by atoms with van der Waals surface area (Å²) in [6.07, 6.45) is 6.03. The van der Waals surface area contributed by atoms with Gasteiger partial charge in [-0.05, 0) is 42.2 Å². The van der Waals surface area contributed by atoms with Crippen LogP contribution in [0.5, 0.6) is 0 Å². The van der Waals surface area contributed by atoms with E-state index in [1.807, 2.05) is 18.2 Å². The van der Waals surface area contributed by atoms with Gasteiger partial charge in [-0.3, -0.25) is 14.1 Å². The Bertz CT molecular complexity index is 851. The molecule has 0 radical (unpaired) electrons. The number of anilines is 1. The van der Waals surface area contributed by atoms with E-state index in [0.717, 1.165) is 11.1 Å². The van der Waals surface area contributed by atoms with E-state index in [0.29, 0.717) is 37.2 Å².